The fourth-order valence-electron chi connectivity index (χ4n) is 1.46. The average molecular weight is 215 g/mol. The van der Waals surface area contributed by atoms with Crippen LogP contribution in [0.3, 0.4) is 0 Å². The first-order chi connectivity index (χ1) is 7.29. The molecule has 0 aromatic heterocycles. The Bertz CT molecular complexity index is 431. The topological polar surface area (TPSA) is 26.0 Å². The molecular formula is C13H13NS. The normalized spacial score (nSPS) is 10.2. The Balaban J connectivity index is 2.33. The molecule has 0 unspecified atom stereocenters. The van der Waals surface area contributed by atoms with Crippen LogP contribution in [0.1, 0.15) is 0 Å². The molecule has 2 heteroatoms. The summed E-state index contributed by atoms with van der Waals surface area (Å²) in [5, 5.41) is 0. The van der Waals surface area contributed by atoms with Gasteiger partial charge in [-0.05, 0) is 41.6 Å². The average Bonchev–Trinajstić information content (AvgIpc) is 2.30. The molecule has 2 aromatic rings. The van der Waals surface area contributed by atoms with Crippen molar-refractivity contribution in [3.05, 3.63) is 48.5 Å². The van der Waals surface area contributed by atoms with E-state index in [1.807, 2.05) is 24.3 Å². The van der Waals surface area contributed by atoms with Crippen LogP contribution in [0.4, 0.5) is 5.69 Å². The Morgan fingerprint density at radius 1 is 0.800 bits per heavy atom. The minimum Gasteiger partial charge on any atom is -0.399 e. The van der Waals surface area contributed by atoms with Crippen molar-refractivity contribution < 1.29 is 0 Å². The monoisotopic (exact) mass is 215 g/mol. The van der Waals surface area contributed by atoms with Crippen molar-refractivity contribution in [3.63, 3.8) is 0 Å². The molecule has 0 amide bonds. The van der Waals surface area contributed by atoms with Crippen molar-refractivity contribution in [3.8, 4) is 11.1 Å². The Morgan fingerprint density at radius 2 is 1.27 bits per heavy atom. The highest BCUT2D eigenvalue weighted by molar-refractivity contribution is 7.98. The fourth-order valence-corrected chi connectivity index (χ4v) is 1.87. The highest BCUT2D eigenvalue weighted by atomic mass is 32.2. The SMILES string of the molecule is CSc1ccc(-c2ccc(N)cc2)cc1. The van der Waals surface area contributed by atoms with Crippen LogP contribution in [0.2, 0.25) is 0 Å². The first-order valence-electron chi connectivity index (χ1n) is 4.79. The second-order valence-corrected chi connectivity index (χ2v) is 4.23. The summed E-state index contributed by atoms with van der Waals surface area (Å²) in [6, 6.07) is 16.5. The summed E-state index contributed by atoms with van der Waals surface area (Å²) in [4.78, 5) is 1.29. The minimum atomic E-state index is 0.805. The number of benzene rings is 2. The van der Waals surface area contributed by atoms with Crippen molar-refractivity contribution in [1.29, 1.82) is 0 Å². The molecule has 2 rings (SSSR count). The van der Waals surface area contributed by atoms with Gasteiger partial charge in [-0.2, -0.15) is 0 Å². The van der Waals surface area contributed by atoms with Gasteiger partial charge in [0.2, 0.25) is 0 Å². The van der Waals surface area contributed by atoms with Crippen LogP contribution in [-0.4, -0.2) is 6.26 Å². The third kappa shape index (κ3) is 2.34. The second-order valence-electron chi connectivity index (χ2n) is 3.35. The van der Waals surface area contributed by atoms with E-state index in [0.29, 0.717) is 0 Å². The molecule has 2 N–H and O–H groups in total. The van der Waals surface area contributed by atoms with Crippen LogP contribution in [-0.2, 0) is 0 Å². The van der Waals surface area contributed by atoms with Gasteiger partial charge < -0.3 is 5.73 Å². The van der Waals surface area contributed by atoms with Crippen LogP contribution < -0.4 is 5.73 Å². The van der Waals surface area contributed by atoms with Gasteiger partial charge in [-0.1, -0.05) is 24.3 Å². The van der Waals surface area contributed by atoms with Crippen molar-refractivity contribution in [1.82, 2.24) is 0 Å². The van der Waals surface area contributed by atoms with Gasteiger partial charge in [0.05, 0.1) is 0 Å². The van der Waals surface area contributed by atoms with Gasteiger partial charge in [0.1, 0.15) is 0 Å². The predicted molar refractivity (Wildman–Crippen MR) is 68.1 cm³/mol. The van der Waals surface area contributed by atoms with E-state index in [1.54, 1.807) is 11.8 Å². The molecule has 0 aliphatic heterocycles. The Morgan fingerprint density at radius 3 is 1.73 bits per heavy atom. The fraction of sp³-hybridized carbons (Fsp3) is 0.0769. The Labute approximate surface area is 94.3 Å². The van der Waals surface area contributed by atoms with Crippen molar-refractivity contribution >= 4 is 17.4 Å². The van der Waals surface area contributed by atoms with E-state index in [-0.39, 0.29) is 0 Å². The number of nitrogen functional groups attached to an aromatic ring is 1. The minimum absolute atomic E-state index is 0.805. The lowest BCUT2D eigenvalue weighted by Gasteiger charge is -2.03. The standard InChI is InChI=1S/C13H13NS/c1-15-13-8-4-11(5-9-13)10-2-6-12(14)7-3-10/h2-9H,14H2,1H3. The van der Waals surface area contributed by atoms with Crippen molar-refractivity contribution in [2.75, 3.05) is 12.0 Å². The molecule has 0 bridgehead atoms. The van der Waals surface area contributed by atoms with Crippen LogP contribution in [0, 0.1) is 0 Å². The number of rotatable bonds is 2. The molecule has 0 atom stereocenters. The first-order valence-corrected chi connectivity index (χ1v) is 6.02. The lowest BCUT2D eigenvalue weighted by molar-refractivity contribution is 1.46. The van der Waals surface area contributed by atoms with E-state index in [2.05, 4.69) is 30.5 Å². The van der Waals surface area contributed by atoms with Crippen molar-refractivity contribution in [2.45, 2.75) is 4.90 Å². The highest BCUT2D eigenvalue weighted by Crippen LogP contribution is 2.23. The summed E-state index contributed by atoms with van der Waals surface area (Å²) in [5.74, 6) is 0. The third-order valence-corrected chi connectivity index (χ3v) is 3.08. The number of nitrogens with two attached hydrogens (primary N) is 1. The molecule has 2 aromatic carbocycles. The van der Waals surface area contributed by atoms with Crippen LogP contribution in [0.5, 0.6) is 0 Å². The molecule has 0 aliphatic carbocycles. The zero-order chi connectivity index (χ0) is 10.7. The van der Waals surface area contributed by atoms with E-state index < -0.39 is 0 Å². The van der Waals surface area contributed by atoms with Crippen LogP contribution in [0.15, 0.2) is 53.4 Å². The van der Waals surface area contributed by atoms with Gasteiger partial charge >= 0.3 is 0 Å². The zero-order valence-electron chi connectivity index (χ0n) is 8.60. The molecule has 0 spiro atoms. The maximum Gasteiger partial charge on any atom is 0.0314 e. The number of hydrogen-bond donors (Lipinski definition) is 1. The lowest BCUT2D eigenvalue weighted by atomic mass is 10.1. The highest BCUT2D eigenvalue weighted by Gasteiger charge is 1.97. The first kappa shape index (κ1) is 10.1. The van der Waals surface area contributed by atoms with Crippen molar-refractivity contribution in [2.24, 2.45) is 0 Å². The maximum absolute atomic E-state index is 5.65. The van der Waals surface area contributed by atoms with E-state index >= 15 is 0 Å². The quantitative estimate of drug-likeness (QED) is 0.611. The molecule has 15 heavy (non-hydrogen) atoms. The second kappa shape index (κ2) is 4.41. The van der Waals surface area contributed by atoms with Crippen LogP contribution in [0.25, 0.3) is 11.1 Å². The number of anilines is 1. The number of hydrogen-bond acceptors (Lipinski definition) is 2. The van der Waals surface area contributed by atoms with E-state index in [4.69, 9.17) is 5.73 Å². The molecule has 0 saturated carbocycles. The molecule has 0 aliphatic rings. The summed E-state index contributed by atoms with van der Waals surface area (Å²) in [6.07, 6.45) is 2.08. The summed E-state index contributed by atoms with van der Waals surface area (Å²) >= 11 is 1.76. The molecule has 0 radical (unpaired) electrons. The maximum atomic E-state index is 5.65. The van der Waals surface area contributed by atoms with Gasteiger partial charge in [0.15, 0.2) is 0 Å². The largest absolute Gasteiger partial charge is 0.399 e. The van der Waals surface area contributed by atoms with Gasteiger partial charge in [-0.3, -0.25) is 0 Å². The van der Waals surface area contributed by atoms with Gasteiger partial charge in [-0.25, -0.2) is 0 Å². The van der Waals surface area contributed by atoms with Crippen LogP contribution >= 0.6 is 11.8 Å². The molecule has 76 valence electrons. The smallest absolute Gasteiger partial charge is 0.0314 e. The third-order valence-electron chi connectivity index (χ3n) is 2.33. The molecule has 1 nitrogen and oxygen atoms in total. The summed E-state index contributed by atoms with van der Waals surface area (Å²) < 4.78 is 0. The summed E-state index contributed by atoms with van der Waals surface area (Å²) in [6.45, 7) is 0. The van der Waals surface area contributed by atoms with E-state index in [9.17, 15) is 0 Å². The van der Waals surface area contributed by atoms with E-state index in [0.717, 1.165) is 5.69 Å². The Hall–Kier alpha value is -1.41. The van der Waals surface area contributed by atoms with Gasteiger partial charge in [-0.15, -0.1) is 11.8 Å². The summed E-state index contributed by atoms with van der Waals surface area (Å²) in [7, 11) is 0. The van der Waals surface area contributed by atoms with Gasteiger partial charge in [0, 0.05) is 10.6 Å². The Kier molecular flexibility index (Phi) is 2.97. The predicted octanol–water partition coefficient (Wildman–Crippen LogP) is 3.66. The number of thioether (sulfide) groups is 1. The molecule has 0 heterocycles. The molecule has 0 fully saturated rings. The van der Waals surface area contributed by atoms with Gasteiger partial charge in [0.25, 0.3) is 0 Å². The van der Waals surface area contributed by atoms with E-state index in [1.165, 1.54) is 16.0 Å². The lowest BCUT2D eigenvalue weighted by Crippen LogP contribution is -1.83. The molecular weight excluding hydrogens is 202 g/mol. The zero-order valence-corrected chi connectivity index (χ0v) is 9.42. The molecule has 0 saturated heterocycles. The summed E-state index contributed by atoms with van der Waals surface area (Å²) in [5.41, 5.74) is 8.89.